The number of aliphatic carboxylic acids is 1. The average molecular weight is 285 g/mol. The number of thiophene rings is 1. The van der Waals surface area contributed by atoms with E-state index in [9.17, 15) is 9.59 Å². The van der Waals surface area contributed by atoms with Crippen molar-refractivity contribution in [1.29, 1.82) is 0 Å². The number of hydrogen-bond acceptors (Lipinski definition) is 4. The van der Waals surface area contributed by atoms with Crippen molar-refractivity contribution in [2.45, 2.75) is 45.8 Å². The molecule has 2 N–H and O–H groups in total. The van der Waals surface area contributed by atoms with Gasteiger partial charge in [-0.2, -0.15) is 0 Å². The summed E-state index contributed by atoms with van der Waals surface area (Å²) in [6.07, 6.45) is -0.458. The summed E-state index contributed by atoms with van der Waals surface area (Å²) in [7, 11) is 0. The largest absolute Gasteiger partial charge is 0.480 e. The number of nitrogens with one attached hydrogen (secondary N) is 1. The number of ether oxygens (including phenoxy) is 1. The van der Waals surface area contributed by atoms with Gasteiger partial charge in [-0.05, 0) is 39.8 Å². The molecule has 106 valence electrons. The van der Waals surface area contributed by atoms with Crippen LogP contribution in [0.25, 0.3) is 0 Å². The van der Waals surface area contributed by atoms with Crippen molar-refractivity contribution in [3.63, 3.8) is 0 Å². The first-order valence-corrected chi connectivity index (χ1v) is 6.76. The third kappa shape index (κ3) is 5.74. The fraction of sp³-hybridized carbons (Fsp3) is 0.538. The normalized spacial score (nSPS) is 12.8. The molecule has 0 spiro atoms. The highest BCUT2D eigenvalue weighted by molar-refractivity contribution is 7.11. The van der Waals surface area contributed by atoms with E-state index in [0.717, 1.165) is 9.75 Å². The van der Waals surface area contributed by atoms with E-state index in [4.69, 9.17) is 9.84 Å². The van der Waals surface area contributed by atoms with Crippen molar-refractivity contribution < 1.29 is 19.4 Å². The Morgan fingerprint density at radius 1 is 1.42 bits per heavy atom. The molecule has 0 radical (unpaired) electrons. The summed E-state index contributed by atoms with van der Waals surface area (Å²) in [6, 6.07) is 2.81. The predicted octanol–water partition coefficient (Wildman–Crippen LogP) is 2.58. The van der Waals surface area contributed by atoms with Crippen molar-refractivity contribution in [3.05, 3.63) is 21.9 Å². The Labute approximate surface area is 116 Å². The Bertz CT molecular complexity index is 461. The van der Waals surface area contributed by atoms with Crippen LogP contribution in [0.15, 0.2) is 12.1 Å². The van der Waals surface area contributed by atoms with Crippen molar-refractivity contribution in [3.8, 4) is 0 Å². The van der Waals surface area contributed by atoms with Gasteiger partial charge in [-0.15, -0.1) is 11.3 Å². The highest BCUT2D eigenvalue weighted by atomic mass is 32.1. The lowest BCUT2D eigenvalue weighted by atomic mass is 10.2. The van der Waals surface area contributed by atoms with Crippen molar-refractivity contribution in [1.82, 2.24) is 5.32 Å². The van der Waals surface area contributed by atoms with Crippen molar-refractivity contribution >= 4 is 23.4 Å². The second kappa shape index (κ2) is 6.06. The molecule has 0 bridgehead atoms. The topological polar surface area (TPSA) is 75.6 Å². The third-order valence-electron chi connectivity index (χ3n) is 2.19. The molecule has 1 aromatic heterocycles. The number of carboxylic acid groups (broad SMARTS) is 1. The second-order valence-corrected chi connectivity index (χ2v) is 6.63. The van der Waals surface area contributed by atoms with Crippen LogP contribution in [-0.2, 0) is 16.0 Å². The van der Waals surface area contributed by atoms with Crippen LogP contribution in [0, 0.1) is 6.92 Å². The maximum atomic E-state index is 11.6. The minimum absolute atomic E-state index is 0.257. The monoisotopic (exact) mass is 285 g/mol. The first-order valence-electron chi connectivity index (χ1n) is 5.95. The predicted molar refractivity (Wildman–Crippen MR) is 73.6 cm³/mol. The molecule has 1 atom stereocenters. The Kier molecular flexibility index (Phi) is 4.94. The Morgan fingerprint density at radius 2 is 2.05 bits per heavy atom. The molecule has 0 fully saturated rings. The second-order valence-electron chi connectivity index (χ2n) is 5.25. The zero-order valence-electron chi connectivity index (χ0n) is 11.5. The van der Waals surface area contributed by atoms with Crippen LogP contribution in [-0.4, -0.2) is 28.8 Å². The van der Waals surface area contributed by atoms with Crippen LogP contribution >= 0.6 is 11.3 Å². The minimum atomic E-state index is -1.07. The summed E-state index contributed by atoms with van der Waals surface area (Å²) in [4.78, 5) is 24.7. The lowest BCUT2D eigenvalue weighted by Gasteiger charge is -2.21. The summed E-state index contributed by atoms with van der Waals surface area (Å²) in [5, 5.41) is 11.5. The van der Waals surface area contributed by atoms with Crippen LogP contribution in [0.5, 0.6) is 0 Å². The first kappa shape index (κ1) is 15.5. The van der Waals surface area contributed by atoms with Gasteiger partial charge in [-0.1, -0.05) is 0 Å². The summed E-state index contributed by atoms with van der Waals surface area (Å²) < 4.78 is 5.05. The Balaban J connectivity index is 2.63. The molecule has 5 nitrogen and oxygen atoms in total. The number of carboxylic acids is 1. The van der Waals surface area contributed by atoms with Crippen LogP contribution in [0.1, 0.15) is 30.5 Å². The highest BCUT2D eigenvalue weighted by Gasteiger charge is 2.24. The van der Waals surface area contributed by atoms with Crippen molar-refractivity contribution in [2.75, 3.05) is 0 Å². The number of amides is 1. The number of hydrogen-bond donors (Lipinski definition) is 2. The van der Waals surface area contributed by atoms with Crippen LogP contribution in [0.2, 0.25) is 0 Å². The Hall–Kier alpha value is -1.56. The lowest BCUT2D eigenvalue weighted by molar-refractivity contribution is -0.139. The minimum Gasteiger partial charge on any atom is -0.480 e. The number of carbonyl (C=O) groups is 2. The van der Waals surface area contributed by atoms with E-state index in [1.165, 1.54) is 11.3 Å². The van der Waals surface area contributed by atoms with E-state index in [-0.39, 0.29) is 6.42 Å². The van der Waals surface area contributed by atoms with Gasteiger partial charge in [0.25, 0.3) is 0 Å². The molecule has 0 aromatic carbocycles. The van der Waals surface area contributed by atoms with Crippen LogP contribution in [0.3, 0.4) is 0 Å². The molecule has 0 saturated carbocycles. The first-order chi connectivity index (χ1) is 8.67. The average Bonchev–Trinajstić information content (AvgIpc) is 2.60. The maximum Gasteiger partial charge on any atom is 0.408 e. The molecule has 1 unspecified atom stereocenters. The van der Waals surface area contributed by atoms with Gasteiger partial charge in [0.2, 0.25) is 0 Å². The van der Waals surface area contributed by atoms with Gasteiger partial charge in [0.05, 0.1) is 0 Å². The third-order valence-corrected chi connectivity index (χ3v) is 3.21. The fourth-order valence-corrected chi connectivity index (χ4v) is 2.38. The molecule has 1 rings (SSSR count). The maximum absolute atomic E-state index is 11.6. The summed E-state index contributed by atoms with van der Waals surface area (Å²) in [6.45, 7) is 7.13. The van der Waals surface area contributed by atoms with Crippen LogP contribution < -0.4 is 5.32 Å². The number of rotatable bonds is 4. The summed E-state index contributed by atoms with van der Waals surface area (Å²) >= 11 is 1.52. The molecular formula is C13H19NO4S. The quantitative estimate of drug-likeness (QED) is 0.891. The molecule has 0 saturated heterocycles. The Morgan fingerprint density at radius 3 is 2.47 bits per heavy atom. The van der Waals surface area contributed by atoms with Gasteiger partial charge in [0.15, 0.2) is 0 Å². The van der Waals surface area contributed by atoms with Crippen molar-refractivity contribution in [2.24, 2.45) is 0 Å². The zero-order valence-corrected chi connectivity index (χ0v) is 12.3. The van der Waals surface area contributed by atoms with Gasteiger partial charge in [-0.3, -0.25) is 0 Å². The number of aryl methyl sites for hydroxylation is 1. The zero-order chi connectivity index (χ0) is 14.6. The van der Waals surface area contributed by atoms with Gasteiger partial charge < -0.3 is 15.2 Å². The van der Waals surface area contributed by atoms with E-state index in [1.807, 2.05) is 19.1 Å². The molecule has 0 aliphatic carbocycles. The fourth-order valence-electron chi connectivity index (χ4n) is 1.45. The van der Waals surface area contributed by atoms with E-state index >= 15 is 0 Å². The molecule has 6 heteroatoms. The smallest absolute Gasteiger partial charge is 0.408 e. The van der Waals surface area contributed by atoms with E-state index in [0.29, 0.717) is 0 Å². The molecule has 1 aromatic rings. The van der Waals surface area contributed by atoms with E-state index in [2.05, 4.69) is 5.32 Å². The van der Waals surface area contributed by atoms with Gasteiger partial charge in [0, 0.05) is 16.2 Å². The van der Waals surface area contributed by atoms with Gasteiger partial charge >= 0.3 is 12.1 Å². The molecule has 1 heterocycles. The van der Waals surface area contributed by atoms with Gasteiger partial charge in [-0.25, -0.2) is 9.59 Å². The lowest BCUT2D eigenvalue weighted by Crippen LogP contribution is -2.44. The molecule has 0 aliphatic rings. The number of alkyl carbamates (subject to hydrolysis) is 1. The molecule has 19 heavy (non-hydrogen) atoms. The van der Waals surface area contributed by atoms with E-state index < -0.39 is 23.7 Å². The SMILES string of the molecule is Cc1ccc(CC(NC(=O)OC(C)(C)C)C(=O)O)s1. The summed E-state index contributed by atoms with van der Waals surface area (Å²) in [5.41, 5.74) is -0.646. The highest BCUT2D eigenvalue weighted by Crippen LogP contribution is 2.17. The molecule has 1 amide bonds. The molecular weight excluding hydrogens is 266 g/mol. The van der Waals surface area contributed by atoms with Crippen LogP contribution in [0.4, 0.5) is 4.79 Å². The molecule has 0 aliphatic heterocycles. The van der Waals surface area contributed by atoms with Gasteiger partial charge in [0.1, 0.15) is 11.6 Å². The summed E-state index contributed by atoms with van der Waals surface area (Å²) in [5.74, 6) is -1.07. The number of carbonyl (C=O) groups excluding carboxylic acids is 1. The van der Waals surface area contributed by atoms with E-state index in [1.54, 1.807) is 20.8 Å². The standard InChI is InChI=1S/C13H19NO4S/c1-8-5-6-9(19-8)7-10(11(15)16)14-12(17)18-13(2,3)4/h5-6,10H,7H2,1-4H3,(H,14,17)(H,15,16).